The smallest absolute Gasteiger partial charge is 0.383 e. The number of aromatic nitrogens is 1. The van der Waals surface area contributed by atoms with Crippen LogP contribution in [0.2, 0.25) is 0 Å². The molecule has 1 aliphatic rings. The summed E-state index contributed by atoms with van der Waals surface area (Å²) in [5, 5.41) is 3.11. The molecule has 88 valence electrons. The SMILES string of the molecule is Nc1ncc(C(F)(F)F)cc1[C@@H]1CCCN1. The lowest BCUT2D eigenvalue weighted by molar-refractivity contribution is -0.137. The van der Waals surface area contributed by atoms with Crippen molar-refractivity contribution in [2.75, 3.05) is 12.3 Å². The predicted octanol–water partition coefficient (Wildman–Crippen LogP) is 2.11. The average molecular weight is 231 g/mol. The van der Waals surface area contributed by atoms with E-state index in [9.17, 15) is 13.2 Å². The van der Waals surface area contributed by atoms with Gasteiger partial charge in [-0.2, -0.15) is 13.2 Å². The van der Waals surface area contributed by atoms with Gasteiger partial charge in [-0.25, -0.2) is 4.98 Å². The summed E-state index contributed by atoms with van der Waals surface area (Å²) < 4.78 is 37.5. The molecule has 0 spiro atoms. The van der Waals surface area contributed by atoms with E-state index in [1.807, 2.05) is 0 Å². The first-order chi connectivity index (χ1) is 7.48. The molecule has 1 aliphatic heterocycles. The van der Waals surface area contributed by atoms with Crippen LogP contribution in [-0.2, 0) is 6.18 Å². The fourth-order valence-electron chi connectivity index (χ4n) is 1.88. The molecule has 0 radical (unpaired) electrons. The van der Waals surface area contributed by atoms with Crippen molar-refractivity contribution in [3.05, 3.63) is 23.4 Å². The van der Waals surface area contributed by atoms with E-state index in [-0.39, 0.29) is 11.9 Å². The highest BCUT2D eigenvalue weighted by Crippen LogP contribution is 2.33. The van der Waals surface area contributed by atoms with Crippen LogP contribution in [0.4, 0.5) is 19.0 Å². The molecule has 1 aromatic rings. The quantitative estimate of drug-likeness (QED) is 0.778. The van der Waals surface area contributed by atoms with Crippen molar-refractivity contribution in [2.45, 2.75) is 25.1 Å². The van der Waals surface area contributed by atoms with Crippen molar-refractivity contribution < 1.29 is 13.2 Å². The molecule has 2 heterocycles. The van der Waals surface area contributed by atoms with Crippen LogP contribution in [-0.4, -0.2) is 11.5 Å². The molecule has 0 saturated carbocycles. The van der Waals surface area contributed by atoms with Gasteiger partial charge in [0.1, 0.15) is 5.82 Å². The third kappa shape index (κ3) is 2.11. The van der Waals surface area contributed by atoms with Crippen LogP contribution in [0.1, 0.15) is 30.0 Å². The van der Waals surface area contributed by atoms with Crippen molar-refractivity contribution in [1.29, 1.82) is 0 Å². The number of anilines is 1. The summed E-state index contributed by atoms with van der Waals surface area (Å²) in [4.78, 5) is 3.61. The van der Waals surface area contributed by atoms with Crippen LogP contribution < -0.4 is 11.1 Å². The van der Waals surface area contributed by atoms with E-state index in [4.69, 9.17) is 5.73 Å². The number of nitrogen functional groups attached to an aromatic ring is 1. The van der Waals surface area contributed by atoms with Crippen LogP contribution in [0, 0.1) is 0 Å². The lowest BCUT2D eigenvalue weighted by atomic mass is 10.0. The number of halogens is 3. The van der Waals surface area contributed by atoms with Crippen LogP contribution >= 0.6 is 0 Å². The van der Waals surface area contributed by atoms with Gasteiger partial charge in [-0.3, -0.25) is 0 Å². The Kier molecular flexibility index (Phi) is 2.75. The highest BCUT2D eigenvalue weighted by atomic mass is 19.4. The monoisotopic (exact) mass is 231 g/mol. The number of alkyl halides is 3. The van der Waals surface area contributed by atoms with Gasteiger partial charge in [0, 0.05) is 17.8 Å². The molecule has 0 bridgehead atoms. The minimum Gasteiger partial charge on any atom is -0.383 e. The van der Waals surface area contributed by atoms with Crippen LogP contribution in [0.25, 0.3) is 0 Å². The summed E-state index contributed by atoms with van der Waals surface area (Å²) in [6, 6.07) is 0.987. The Morgan fingerprint density at radius 2 is 2.19 bits per heavy atom. The molecule has 2 rings (SSSR count). The lowest BCUT2D eigenvalue weighted by Gasteiger charge is -2.15. The Bertz CT molecular complexity index is 383. The minimum absolute atomic E-state index is 0.102. The molecule has 1 saturated heterocycles. The zero-order chi connectivity index (χ0) is 11.8. The maximum absolute atomic E-state index is 12.5. The Balaban J connectivity index is 2.36. The third-order valence-corrected chi connectivity index (χ3v) is 2.71. The first-order valence-electron chi connectivity index (χ1n) is 5.04. The van der Waals surface area contributed by atoms with Crippen molar-refractivity contribution in [3.8, 4) is 0 Å². The highest BCUT2D eigenvalue weighted by molar-refractivity contribution is 5.44. The molecular formula is C10H12F3N3. The molecule has 0 aliphatic carbocycles. The molecule has 6 heteroatoms. The third-order valence-electron chi connectivity index (χ3n) is 2.71. The van der Waals surface area contributed by atoms with Gasteiger partial charge in [0.2, 0.25) is 0 Å². The maximum Gasteiger partial charge on any atom is 0.417 e. The van der Waals surface area contributed by atoms with Crippen LogP contribution in [0.5, 0.6) is 0 Å². The van der Waals surface area contributed by atoms with Crippen molar-refractivity contribution >= 4 is 5.82 Å². The summed E-state index contributed by atoms with van der Waals surface area (Å²) in [5.41, 5.74) is 5.30. The summed E-state index contributed by atoms with van der Waals surface area (Å²) in [7, 11) is 0. The van der Waals surface area contributed by atoms with Crippen LogP contribution in [0.3, 0.4) is 0 Å². The summed E-state index contributed by atoms with van der Waals surface area (Å²) in [6.45, 7) is 0.806. The Morgan fingerprint density at radius 1 is 1.44 bits per heavy atom. The predicted molar refractivity (Wildman–Crippen MR) is 53.6 cm³/mol. The van der Waals surface area contributed by atoms with Crippen molar-refractivity contribution in [1.82, 2.24) is 10.3 Å². The number of hydrogen-bond donors (Lipinski definition) is 2. The molecule has 1 atom stereocenters. The maximum atomic E-state index is 12.5. The standard InChI is InChI=1S/C10H12F3N3/c11-10(12,13)6-4-7(9(14)16-5-6)8-2-1-3-15-8/h4-5,8,15H,1-3H2,(H2,14,16)/t8-/m0/s1. The van der Waals surface area contributed by atoms with Gasteiger partial charge in [0.25, 0.3) is 0 Å². The summed E-state index contributed by atoms with van der Waals surface area (Å²) in [5.74, 6) is 0.174. The Morgan fingerprint density at radius 3 is 2.75 bits per heavy atom. The molecular weight excluding hydrogens is 219 g/mol. The van der Waals surface area contributed by atoms with Crippen molar-refractivity contribution in [2.24, 2.45) is 0 Å². The van der Waals surface area contributed by atoms with Gasteiger partial charge in [-0.15, -0.1) is 0 Å². The van der Waals surface area contributed by atoms with Crippen LogP contribution in [0.15, 0.2) is 12.3 Å². The molecule has 1 aromatic heterocycles. The molecule has 0 amide bonds. The number of nitrogens with two attached hydrogens (primary N) is 1. The second kappa shape index (κ2) is 3.93. The fraction of sp³-hybridized carbons (Fsp3) is 0.500. The second-order valence-electron chi connectivity index (χ2n) is 3.85. The van der Waals surface area contributed by atoms with E-state index in [1.54, 1.807) is 0 Å². The molecule has 3 nitrogen and oxygen atoms in total. The largest absolute Gasteiger partial charge is 0.417 e. The average Bonchev–Trinajstić information content (AvgIpc) is 2.69. The van der Waals surface area contributed by atoms with E-state index in [0.29, 0.717) is 5.56 Å². The van der Waals surface area contributed by atoms with Gasteiger partial charge >= 0.3 is 6.18 Å². The van der Waals surface area contributed by atoms with E-state index in [1.165, 1.54) is 0 Å². The number of pyridine rings is 1. The van der Waals surface area contributed by atoms with E-state index < -0.39 is 11.7 Å². The first-order valence-corrected chi connectivity index (χ1v) is 5.04. The number of nitrogens with one attached hydrogen (secondary N) is 1. The normalized spacial score (nSPS) is 21.3. The van der Waals surface area contributed by atoms with Gasteiger partial charge in [0.15, 0.2) is 0 Å². The van der Waals surface area contributed by atoms with E-state index >= 15 is 0 Å². The topological polar surface area (TPSA) is 50.9 Å². The zero-order valence-electron chi connectivity index (χ0n) is 8.51. The number of hydrogen-bond acceptors (Lipinski definition) is 3. The zero-order valence-corrected chi connectivity index (χ0v) is 8.51. The van der Waals surface area contributed by atoms with E-state index in [0.717, 1.165) is 31.6 Å². The lowest BCUT2D eigenvalue weighted by Crippen LogP contribution is -2.17. The number of nitrogens with zero attached hydrogens (tertiary/aromatic N) is 1. The van der Waals surface area contributed by atoms with Gasteiger partial charge in [-0.05, 0) is 25.5 Å². The molecule has 0 unspecified atom stereocenters. The molecule has 1 fully saturated rings. The molecule has 0 aromatic carbocycles. The first kappa shape index (κ1) is 11.2. The minimum atomic E-state index is -4.37. The Hall–Kier alpha value is -1.30. The number of rotatable bonds is 1. The van der Waals surface area contributed by atoms with E-state index in [2.05, 4.69) is 10.3 Å². The van der Waals surface area contributed by atoms with Crippen molar-refractivity contribution in [3.63, 3.8) is 0 Å². The second-order valence-corrected chi connectivity index (χ2v) is 3.85. The van der Waals surface area contributed by atoms with Gasteiger partial charge < -0.3 is 11.1 Å². The van der Waals surface area contributed by atoms with Gasteiger partial charge in [-0.1, -0.05) is 0 Å². The summed E-state index contributed by atoms with van der Waals surface area (Å²) in [6.07, 6.45) is -1.85. The van der Waals surface area contributed by atoms with Gasteiger partial charge in [0.05, 0.1) is 5.56 Å². The summed E-state index contributed by atoms with van der Waals surface area (Å²) >= 11 is 0. The molecule has 3 N–H and O–H groups in total. The Labute approximate surface area is 90.9 Å². The molecule has 16 heavy (non-hydrogen) atoms. The fourth-order valence-corrected chi connectivity index (χ4v) is 1.88. The highest BCUT2D eigenvalue weighted by Gasteiger charge is 2.32.